The highest BCUT2D eigenvalue weighted by molar-refractivity contribution is 6.09. The summed E-state index contributed by atoms with van der Waals surface area (Å²) in [6, 6.07) is 7.93. The molecule has 2 aromatic rings. The number of aromatic nitrogens is 1. The van der Waals surface area contributed by atoms with Gasteiger partial charge in [-0.25, -0.2) is 0 Å². The number of benzene rings is 1. The van der Waals surface area contributed by atoms with Gasteiger partial charge in [-0.2, -0.15) is 0 Å². The lowest BCUT2D eigenvalue weighted by Gasteiger charge is -2.24. The zero-order chi connectivity index (χ0) is 20.6. The second-order valence-corrected chi connectivity index (χ2v) is 7.92. The smallest absolute Gasteiger partial charge is 0.239 e. The number of amides is 2. The van der Waals surface area contributed by atoms with Crippen LogP contribution in [-0.2, 0) is 26.2 Å². The van der Waals surface area contributed by atoms with Crippen LogP contribution in [0.1, 0.15) is 35.4 Å². The Morgan fingerprint density at radius 1 is 1.31 bits per heavy atom. The Kier molecular flexibility index (Phi) is 5.17. The van der Waals surface area contributed by atoms with E-state index in [1.54, 1.807) is 7.11 Å². The Morgan fingerprint density at radius 3 is 2.83 bits per heavy atom. The molecule has 1 aromatic carbocycles. The topological polar surface area (TPSA) is 75.9 Å². The minimum atomic E-state index is -0.636. The summed E-state index contributed by atoms with van der Waals surface area (Å²) in [6.45, 7) is 5.80. The molecule has 2 aliphatic rings. The Morgan fingerprint density at radius 2 is 2.10 bits per heavy atom. The maximum atomic E-state index is 13.4. The molecule has 2 aliphatic heterocycles. The monoisotopic (exact) mass is 397 g/mol. The minimum absolute atomic E-state index is 0.0718. The van der Waals surface area contributed by atoms with Gasteiger partial charge in [-0.15, -0.1) is 0 Å². The second kappa shape index (κ2) is 7.63. The third-order valence-electron chi connectivity index (χ3n) is 6.28. The highest BCUT2D eigenvalue weighted by Gasteiger charge is 2.54. The van der Waals surface area contributed by atoms with E-state index in [1.165, 1.54) is 0 Å². The molecule has 2 amide bonds. The normalized spacial score (nSPS) is 20.7. The van der Waals surface area contributed by atoms with E-state index >= 15 is 0 Å². The van der Waals surface area contributed by atoms with Crippen molar-refractivity contribution >= 4 is 17.5 Å². The maximum Gasteiger partial charge on any atom is 0.239 e. The largest absolute Gasteiger partial charge is 0.383 e. The number of aryl methyl sites for hydroxylation is 2. The van der Waals surface area contributed by atoms with Crippen LogP contribution in [0.4, 0.5) is 5.69 Å². The highest BCUT2D eigenvalue weighted by atomic mass is 16.5. The molecule has 3 heterocycles. The Labute approximate surface area is 170 Å². The van der Waals surface area contributed by atoms with Crippen molar-refractivity contribution in [3.8, 4) is 0 Å². The van der Waals surface area contributed by atoms with Gasteiger partial charge in [-0.3, -0.25) is 9.59 Å². The predicted octanol–water partition coefficient (Wildman–Crippen LogP) is 2.39. The van der Waals surface area contributed by atoms with Gasteiger partial charge in [0.1, 0.15) is 5.76 Å². The third kappa shape index (κ3) is 3.23. The summed E-state index contributed by atoms with van der Waals surface area (Å²) in [4.78, 5) is 30.0. The molecule has 0 saturated carbocycles. The van der Waals surface area contributed by atoms with Crippen LogP contribution in [0.3, 0.4) is 0 Å². The number of hydrogen-bond acceptors (Lipinski definition) is 5. The summed E-state index contributed by atoms with van der Waals surface area (Å²) < 4.78 is 10.4. The van der Waals surface area contributed by atoms with Crippen molar-refractivity contribution in [3.63, 3.8) is 0 Å². The molecule has 7 nitrogen and oxygen atoms in total. The summed E-state index contributed by atoms with van der Waals surface area (Å²) in [5, 5.41) is 3.96. The zero-order valence-corrected chi connectivity index (χ0v) is 17.2. The molecule has 1 spiro atoms. The average Bonchev–Trinajstić information content (AvgIpc) is 3.37. The van der Waals surface area contributed by atoms with E-state index < -0.39 is 5.41 Å². The zero-order valence-electron chi connectivity index (χ0n) is 17.2. The van der Waals surface area contributed by atoms with E-state index in [-0.39, 0.29) is 11.8 Å². The molecule has 1 saturated heterocycles. The molecule has 29 heavy (non-hydrogen) atoms. The van der Waals surface area contributed by atoms with Crippen LogP contribution in [0.15, 0.2) is 28.8 Å². The standard InChI is InChI=1S/C22H27N3O4/c1-15-17(16(2)29-23-15)8-9-20(26)24-11-10-22(14-24)18-6-4-5-7-19(18)25(21(22)27)12-13-28-3/h4-7H,8-14H2,1-3H3. The fourth-order valence-electron chi connectivity index (χ4n) is 4.67. The first-order valence-electron chi connectivity index (χ1n) is 10.1. The molecule has 1 atom stereocenters. The van der Waals surface area contributed by atoms with Gasteiger partial charge in [0.2, 0.25) is 11.8 Å². The molecule has 1 fully saturated rings. The lowest BCUT2D eigenvalue weighted by Crippen LogP contribution is -2.44. The molecular weight excluding hydrogens is 370 g/mol. The molecule has 1 aromatic heterocycles. The summed E-state index contributed by atoms with van der Waals surface area (Å²) in [5.41, 5.74) is 3.17. The van der Waals surface area contributed by atoms with Crippen LogP contribution >= 0.6 is 0 Å². The first-order chi connectivity index (χ1) is 14.0. The van der Waals surface area contributed by atoms with Crippen molar-refractivity contribution in [2.45, 2.75) is 38.5 Å². The number of nitrogens with zero attached hydrogens (tertiary/aromatic N) is 3. The van der Waals surface area contributed by atoms with E-state index in [0.29, 0.717) is 45.5 Å². The summed E-state index contributed by atoms with van der Waals surface area (Å²) in [6.07, 6.45) is 1.65. The van der Waals surface area contributed by atoms with Crippen LogP contribution < -0.4 is 4.90 Å². The first-order valence-corrected chi connectivity index (χ1v) is 10.1. The fourth-order valence-corrected chi connectivity index (χ4v) is 4.67. The third-order valence-corrected chi connectivity index (χ3v) is 6.28. The molecule has 0 bridgehead atoms. The van der Waals surface area contributed by atoms with E-state index in [0.717, 1.165) is 28.3 Å². The molecule has 0 radical (unpaired) electrons. The maximum absolute atomic E-state index is 13.4. The van der Waals surface area contributed by atoms with Gasteiger partial charge in [0, 0.05) is 44.4 Å². The van der Waals surface area contributed by atoms with Crippen molar-refractivity contribution in [1.29, 1.82) is 0 Å². The highest BCUT2D eigenvalue weighted by Crippen LogP contribution is 2.47. The minimum Gasteiger partial charge on any atom is -0.383 e. The Balaban J connectivity index is 1.50. The SMILES string of the molecule is COCCN1C(=O)C2(CCN(C(=O)CCc3c(C)noc3C)C2)c2ccccc21. The quantitative estimate of drug-likeness (QED) is 0.748. The van der Waals surface area contributed by atoms with E-state index in [2.05, 4.69) is 5.16 Å². The fraction of sp³-hybridized carbons (Fsp3) is 0.500. The molecule has 7 heteroatoms. The number of para-hydroxylation sites is 1. The van der Waals surface area contributed by atoms with E-state index in [1.807, 2.05) is 47.9 Å². The number of anilines is 1. The lowest BCUT2D eigenvalue weighted by molar-refractivity contribution is -0.130. The molecular formula is C22H27N3O4. The van der Waals surface area contributed by atoms with Gasteiger partial charge in [-0.05, 0) is 38.3 Å². The van der Waals surface area contributed by atoms with Gasteiger partial charge in [0.15, 0.2) is 0 Å². The van der Waals surface area contributed by atoms with Crippen molar-refractivity contribution in [2.24, 2.45) is 0 Å². The molecule has 154 valence electrons. The van der Waals surface area contributed by atoms with Crippen molar-refractivity contribution in [3.05, 3.63) is 46.8 Å². The van der Waals surface area contributed by atoms with Crippen LogP contribution in [0.5, 0.6) is 0 Å². The number of rotatable bonds is 6. The Hall–Kier alpha value is -2.67. The van der Waals surface area contributed by atoms with Gasteiger partial charge in [0.05, 0.1) is 17.7 Å². The number of carbonyl (C=O) groups is 2. The summed E-state index contributed by atoms with van der Waals surface area (Å²) in [7, 11) is 1.64. The molecule has 1 unspecified atom stereocenters. The molecule has 0 aliphatic carbocycles. The summed E-state index contributed by atoms with van der Waals surface area (Å²) in [5.74, 6) is 0.918. The lowest BCUT2D eigenvalue weighted by atomic mass is 9.81. The van der Waals surface area contributed by atoms with Crippen molar-refractivity contribution in [2.75, 3.05) is 38.3 Å². The van der Waals surface area contributed by atoms with Crippen LogP contribution in [0, 0.1) is 13.8 Å². The molecule has 4 rings (SSSR count). The van der Waals surface area contributed by atoms with Gasteiger partial charge in [0.25, 0.3) is 0 Å². The van der Waals surface area contributed by atoms with Gasteiger partial charge in [-0.1, -0.05) is 23.4 Å². The van der Waals surface area contributed by atoms with Crippen LogP contribution in [0.2, 0.25) is 0 Å². The van der Waals surface area contributed by atoms with Crippen molar-refractivity contribution < 1.29 is 18.8 Å². The second-order valence-electron chi connectivity index (χ2n) is 7.92. The van der Waals surface area contributed by atoms with Crippen LogP contribution in [0.25, 0.3) is 0 Å². The first kappa shape index (κ1) is 19.6. The number of hydrogen-bond donors (Lipinski definition) is 0. The number of fused-ring (bicyclic) bond motifs is 2. The predicted molar refractivity (Wildman–Crippen MR) is 108 cm³/mol. The number of likely N-dealkylation sites (tertiary alicyclic amines) is 1. The average molecular weight is 397 g/mol. The van der Waals surface area contributed by atoms with E-state index in [4.69, 9.17) is 9.26 Å². The van der Waals surface area contributed by atoms with Crippen LogP contribution in [-0.4, -0.2) is 55.2 Å². The number of ether oxygens (including phenoxy) is 1. The van der Waals surface area contributed by atoms with Gasteiger partial charge >= 0.3 is 0 Å². The van der Waals surface area contributed by atoms with Crippen molar-refractivity contribution in [1.82, 2.24) is 10.1 Å². The van der Waals surface area contributed by atoms with Gasteiger partial charge < -0.3 is 19.1 Å². The number of methoxy groups -OCH3 is 1. The number of carbonyl (C=O) groups excluding carboxylic acids is 2. The molecule has 0 N–H and O–H groups in total. The summed E-state index contributed by atoms with van der Waals surface area (Å²) >= 11 is 0. The van der Waals surface area contributed by atoms with E-state index in [9.17, 15) is 9.59 Å². The Bertz CT molecular complexity index is 918.